The standard InChI is InChI=1S/C18H22O5/c1-4-23-17(20)18-6-5-14(19)13(10-18)12-8-16(22-3)15(21-2)7-11(12)9-18/h7-8,13H,4-6,9-10H2,1-3H3/t13?,18-/m1/s1. The quantitative estimate of drug-likeness (QED) is 0.799. The third-order valence-electron chi connectivity index (χ3n) is 5.09. The minimum atomic E-state index is -0.582. The highest BCUT2D eigenvalue weighted by Gasteiger charge is 2.51. The van der Waals surface area contributed by atoms with Gasteiger partial charge in [-0.2, -0.15) is 0 Å². The van der Waals surface area contributed by atoms with E-state index >= 15 is 0 Å². The molecule has 2 atom stereocenters. The first-order valence-electron chi connectivity index (χ1n) is 7.99. The zero-order valence-electron chi connectivity index (χ0n) is 13.8. The molecule has 0 aromatic heterocycles. The Bertz CT molecular complexity index is 651. The number of methoxy groups -OCH3 is 2. The van der Waals surface area contributed by atoms with Crippen LogP contribution in [0.15, 0.2) is 12.1 Å². The number of esters is 1. The molecule has 3 rings (SSSR count). The largest absolute Gasteiger partial charge is 0.493 e. The maximum atomic E-state index is 12.5. The minimum Gasteiger partial charge on any atom is -0.493 e. The second-order valence-corrected chi connectivity index (χ2v) is 6.31. The molecule has 0 spiro atoms. The van der Waals surface area contributed by atoms with E-state index in [1.165, 1.54) is 0 Å². The van der Waals surface area contributed by atoms with E-state index in [0.29, 0.717) is 43.8 Å². The first-order valence-corrected chi connectivity index (χ1v) is 7.99. The van der Waals surface area contributed by atoms with Gasteiger partial charge in [0.15, 0.2) is 11.5 Å². The highest BCUT2D eigenvalue weighted by Crippen LogP contribution is 2.52. The Morgan fingerprint density at radius 2 is 1.96 bits per heavy atom. The molecule has 1 saturated carbocycles. The van der Waals surface area contributed by atoms with Crippen molar-refractivity contribution in [2.45, 2.75) is 38.5 Å². The lowest BCUT2D eigenvalue weighted by Gasteiger charge is -2.43. The molecular formula is C18H22O5. The summed E-state index contributed by atoms with van der Waals surface area (Å²) in [5.41, 5.74) is 1.37. The van der Waals surface area contributed by atoms with Crippen molar-refractivity contribution in [3.8, 4) is 11.5 Å². The molecule has 0 N–H and O–H groups in total. The first kappa shape index (κ1) is 15.8. The van der Waals surface area contributed by atoms with E-state index < -0.39 is 5.41 Å². The van der Waals surface area contributed by atoms with Gasteiger partial charge in [-0.05, 0) is 49.4 Å². The van der Waals surface area contributed by atoms with Gasteiger partial charge in [0.2, 0.25) is 0 Å². The molecule has 124 valence electrons. The molecule has 0 saturated heterocycles. The zero-order chi connectivity index (χ0) is 16.6. The van der Waals surface area contributed by atoms with Crippen molar-refractivity contribution in [3.05, 3.63) is 23.3 Å². The summed E-state index contributed by atoms with van der Waals surface area (Å²) in [6.07, 6.45) is 2.12. The summed E-state index contributed by atoms with van der Waals surface area (Å²) in [5, 5.41) is 0. The minimum absolute atomic E-state index is 0.182. The number of hydrogen-bond acceptors (Lipinski definition) is 5. The van der Waals surface area contributed by atoms with Crippen LogP contribution in [0.25, 0.3) is 0 Å². The molecule has 23 heavy (non-hydrogen) atoms. The molecule has 1 fully saturated rings. The van der Waals surface area contributed by atoms with Crippen LogP contribution in [0.2, 0.25) is 0 Å². The summed E-state index contributed by atoms with van der Waals surface area (Å²) in [6, 6.07) is 3.78. The van der Waals surface area contributed by atoms with Gasteiger partial charge in [0, 0.05) is 12.3 Å². The second-order valence-electron chi connectivity index (χ2n) is 6.31. The van der Waals surface area contributed by atoms with E-state index in [-0.39, 0.29) is 17.7 Å². The van der Waals surface area contributed by atoms with E-state index in [2.05, 4.69) is 0 Å². The number of carbonyl (C=O) groups excluding carboxylic acids is 2. The van der Waals surface area contributed by atoms with Gasteiger partial charge in [0.05, 0.1) is 26.2 Å². The van der Waals surface area contributed by atoms with Crippen molar-refractivity contribution in [2.24, 2.45) is 5.41 Å². The number of Topliss-reactive ketones (excluding diaryl/α,β-unsaturated/α-hetero) is 1. The average Bonchev–Trinajstić information content (AvgIpc) is 2.57. The topological polar surface area (TPSA) is 61.8 Å². The van der Waals surface area contributed by atoms with Crippen LogP contribution in [-0.2, 0) is 20.7 Å². The van der Waals surface area contributed by atoms with Gasteiger partial charge < -0.3 is 14.2 Å². The Morgan fingerprint density at radius 1 is 1.26 bits per heavy atom. The number of hydrogen-bond donors (Lipinski definition) is 0. The molecule has 1 aromatic carbocycles. The molecule has 5 nitrogen and oxygen atoms in total. The van der Waals surface area contributed by atoms with Gasteiger partial charge in [-0.3, -0.25) is 9.59 Å². The zero-order valence-corrected chi connectivity index (χ0v) is 13.8. The molecule has 0 aliphatic heterocycles. The molecular weight excluding hydrogens is 296 g/mol. The molecule has 1 unspecified atom stereocenters. The third kappa shape index (κ3) is 2.48. The SMILES string of the molecule is CCOC(=O)[C@@]12CCC(=O)C(C1)c1cc(OC)c(OC)cc1C2. The maximum absolute atomic E-state index is 12.5. The molecule has 1 aromatic rings. The molecule has 0 heterocycles. The van der Waals surface area contributed by atoms with E-state index in [4.69, 9.17) is 14.2 Å². The van der Waals surface area contributed by atoms with Crippen LogP contribution in [-0.4, -0.2) is 32.6 Å². The Labute approximate surface area is 135 Å². The van der Waals surface area contributed by atoms with Crippen LogP contribution >= 0.6 is 0 Å². The van der Waals surface area contributed by atoms with Crippen molar-refractivity contribution in [3.63, 3.8) is 0 Å². The first-order chi connectivity index (χ1) is 11.0. The van der Waals surface area contributed by atoms with Crippen LogP contribution < -0.4 is 9.47 Å². The van der Waals surface area contributed by atoms with E-state index in [9.17, 15) is 9.59 Å². The second kappa shape index (κ2) is 5.87. The third-order valence-corrected chi connectivity index (χ3v) is 5.09. The summed E-state index contributed by atoms with van der Waals surface area (Å²) in [4.78, 5) is 25.0. The number of ether oxygens (including phenoxy) is 3. The summed E-state index contributed by atoms with van der Waals surface area (Å²) in [5.74, 6) is 0.999. The van der Waals surface area contributed by atoms with Crippen molar-refractivity contribution < 1.29 is 23.8 Å². The van der Waals surface area contributed by atoms with Crippen LogP contribution in [0.1, 0.15) is 43.2 Å². The molecule has 0 amide bonds. The number of carbonyl (C=O) groups is 2. The van der Waals surface area contributed by atoms with Crippen LogP contribution in [0.4, 0.5) is 0 Å². The van der Waals surface area contributed by atoms with Crippen molar-refractivity contribution in [1.82, 2.24) is 0 Å². The highest BCUT2D eigenvalue weighted by molar-refractivity contribution is 5.91. The van der Waals surface area contributed by atoms with Gasteiger partial charge in [-0.15, -0.1) is 0 Å². The Balaban J connectivity index is 2.08. The monoisotopic (exact) mass is 318 g/mol. The predicted octanol–water partition coefficient (Wildman–Crippen LogP) is 2.65. The van der Waals surface area contributed by atoms with Crippen LogP contribution in [0, 0.1) is 5.41 Å². The molecule has 5 heteroatoms. The Hall–Kier alpha value is -2.04. The van der Waals surface area contributed by atoms with Crippen molar-refractivity contribution in [1.29, 1.82) is 0 Å². The lowest BCUT2D eigenvalue weighted by Crippen LogP contribution is -2.45. The van der Waals surface area contributed by atoms with E-state index in [0.717, 1.165) is 11.1 Å². The molecule has 2 aliphatic rings. The maximum Gasteiger partial charge on any atom is 0.312 e. The number of benzene rings is 1. The summed E-state index contributed by atoms with van der Waals surface area (Å²) in [6.45, 7) is 2.17. The number of fused-ring (bicyclic) bond motifs is 4. The number of rotatable bonds is 4. The summed E-state index contributed by atoms with van der Waals surface area (Å²) >= 11 is 0. The fourth-order valence-corrected chi connectivity index (χ4v) is 3.91. The Morgan fingerprint density at radius 3 is 2.61 bits per heavy atom. The summed E-state index contributed by atoms with van der Waals surface area (Å²) < 4.78 is 16.0. The van der Waals surface area contributed by atoms with Crippen molar-refractivity contribution >= 4 is 11.8 Å². The van der Waals surface area contributed by atoms with E-state index in [1.807, 2.05) is 19.1 Å². The van der Waals surface area contributed by atoms with Gasteiger partial charge in [-0.1, -0.05) is 0 Å². The van der Waals surface area contributed by atoms with Crippen molar-refractivity contribution in [2.75, 3.05) is 20.8 Å². The lowest BCUT2D eigenvalue weighted by atomic mass is 9.59. The fraction of sp³-hybridized carbons (Fsp3) is 0.556. The molecule has 0 radical (unpaired) electrons. The molecule has 2 aliphatic carbocycles. The summed E-state index contributed by atoms with van der Waals surface area (Å²) in [7, 11) is 3.17. The van der Waals surface area contributed by atoms with Gasteiger partial charge >= 0.3 is 5.97 Å². The van der Waals surface area contributed by atoms with Crippen LogP contribution in [0.3, 0.4) is 0 Å². The van der Waals surface area contributed by atoms with Gasteiger partial charge in [0.25, 0.3) is 0 Å². The van der Waals surface area contributed by atoms with E-state index in [1.54, 1.807) is 14.2 Å². The van der Waals surface area contributed by atoms with Crippen LogP contribution in [0.5, 0.6) is 11.5 Å². The van der Waals surface area contributed by atoms with Gasteiger partial charge in [0.1, 0.15) is 5.78 Å². The molecule has 2 bridgehead atoms. The highest BCUT2D eigenvalue weighted by atomic mass is 16.5. The number of ketones is 1. The van der Waals surface area contributed by atoms with Gasteiger partial charge in [-0.25, -0.2) is 0 Å². The predicted molar refractivity (Wildman–Crippen MR) is 83.9 cm³/mol. The normalized spacial score (nSPS) is 25.5. The Kier molecular flexibility index (Phi) is 4.04. The lowest BCUT2D eigenvalue weighted by molar-refractivity contribution is -0.159. The fourth-order valence-electron chi connectivity index (χ4n) is 3.91. The average molecular weight is 318 g/mol. The smallest absolute Gasteiger partial charge is 0.312 e.